The van der Waals surface area contributed by atoms with E-state index in [4.69, 9.17) is 4.74 Å². The van der Waals surface area contributed by atoms with Gasteiger partial charge in [0, 0.05) is 27.6 Å². The van der Waals surface area contributed by atoms with E-state index in [1.165, 1.54) is 82.8 Å². The predicted molar refractivity (Wildman–Crippen MR) is 191 cm³/mol. The number of ether oxygens (including phenoxy) is 1. The topological polar surface area (TPSA) is 14.2 Å². The zero-order valence-corrected chi connectivity index (χ0v) is 25.2. The van der Waals surface area contributed by atoms with Crippen LogP contribution in [0, 0.1) is 0 Å². The van der Waals surface area contributed by atoms with Crippen molar-refractivity contribution in [2.45, 2.75) is 12.8 Å². The van der Waals surface area contributed by atoms with Crippen LogP contribution in [-0.4, -0.2) is 4.57 Å². The molecule has 7 aromatic carbocycles. The van der Waals surface area contributed by atoms with Crippen LogP contribution in [0.15, 0.2) is 152 Å². The van der Waals surface area contributed by atoms with Crippen LogP contribution in [0.1, 0.15) is 23.1 Å². The molecule has 0 unspecified atom stereocenters. The van der Waals surface area contributed by atoms with Gasteiger partial charge in [-0.15, -0.1) is 0 Å². The summed E-state index contributed by atoms with van der Waals surface area (Å²) in [5, 5.41) is 5.10. The lowest BCUT2D eigenvalue weighted by Crippen LogP contribution is -2.10. The van der Waals surface area contributed by atoms with Gasteiger partial charge in [0.1, 0.15) is 11.5 Å². The minimum absolute atomic E-state index is 0.944. The Balaban J connectivity index is 1.15. The van der Waals surface area contributed by atoms with Crippen molar-refractivity contribution in [2.24, 2.45) is 0 Å². The maximum absolute atomic E-state index is 6.43. The molecular formula is C44H29NO. The number of aromatic nitrogens is 1. The third kappa shape index (κ3) is 3.64. The molecule has 0 spiro atoms. The van der Waals surface area contributed by atoms with Gasteiger partial charge in [-0.3, -0.25) is 0 Å². The van der Waals surface area contributed by atoms with Gasteiger partial charge in [-0.05, 0) is 99.5 Å². The summed E-state index contributed by atoms with van der Waals surface area (Å²) in [6, 6.07) is 52.8. The molecule has 216 valence electrons. The van der Waals surface area contributed by atoms with Crippen molar-refractivity contribution in [1.29, 1.82) is 0 Å². The lowest BCUT2D eigenvalue weighted by molar-refractivity contribution is 0.472. The lowest BCUT2D eigenvalue weighted by atomic mass is 9.80. The molecule has 0 saturated heterocycles. The molecule has 0 bridgehead atoms. The minimum Gasteiger partial charge on any atom is -0.456 e. The third-order valence-corrected chi connectivity index (χ3v) is 9.88. The SMILES string of the molecule is C1=C2c3ccccc3Oc3ccc(-c4ccccc4-c4ccc5c(ccc6c5c5ccccc5n6-c5ccccc5)c4)c(c32)CC1. The average molecular weight is 588 g/mol. The fraction of sp³-hybridized carbons (Fsp3) is 0.0455. The van der Waals surface area contributed by atoms with Crippen LogP contribution < -0.4 is 4.74 Å². The van der Waals surface area contributed by atoms with Gasteiger partial charge in [-0.2, -0.15) is 0 Å². The number of hydrogen-bond acceptors (Lipinski definition) is 1. The normalized spacial score (nSPS) is 13.3. The molecule has 8 aromatic rings. The summed E-state index contributed by atoms with van der Waals surface area (Å²) in [6.07, 6.45) is 4.42. The van der Waals surface area contributed by atoms with Crippen LogP contribution in [0.4, 0.5) is 0 Å². The molecule has 2 heteroatoms. The van der Waals surface area contributed by atoms with Crippen molar-refractivity contribution >= 4 is 38.2 Å². The van der Waals surface area contributed by atoms with Crippen molar-refractivity contribution in [3.8, 4) is 39.4 Å². The Labute approximate surface area is 267 Å². The van der Waals surface area contributed by atoms with Gasteiger partial charge in [-0.25, -0.2) is 0 Å². The Kier molecular flexibility index (Phi) is 5.44. The van der Waals surface area contributed by atoms with E-state index in [1.54, 1.807) is 0 Å². The summed E-state index contributed by atoms with van der Waals surface area (Å²) in [5.41, 5.74) is 13.8. The van der Waals surface area contributed by atoms with Gasteiger partial charge in [0.15, 0.2) is 0 Å². The molecule has 1 aliphatic heterocycles. The molecule has 0 N–H and O–H groups in total. The van der Waals surface area contributed by atoms with E-state index in [1.807, 2.05) is 0 Å². The molecule has 10 rings (SSSR count). The number of benzene rings is 7. The number of hydrogen-bond donors (Lipinski definition) is 0. The summed E-state index contributed by atoms with van der Waals surface area (Å²) in [4.78, 5) is 0. The summed E-state index contributed by atoms with van der Waals surface area (Å²) in [5.74, 6) is 1.91. The van der Waals surface area contributed by atoms with Gasteiger partial charge >= 0.3 is 0 Å². The summed E-state index contributed by atoms with van der Waals surface area (Å²) >= 11 is 0. The largest absolute Gasteiger partial charge is 0.456 e. The number of rotatable bonds is 3. The molecule has 2 heterocycles. The van der Waals surface area contributed by atoms with E-state index in [9.17, 15) is 0 Å². The highest BCUT2D eigenvalue weighted by Gasteiger charge is 2.28. The van der Waals surface area contributed by atoms with Crippen molar-refractivity contribution in [3.05, 3.63) is 168 Å². The van der Waals surface area contributed by atoms with Crippen LogP contribution in [0.2, 0.25) is 0 Å². The molecule has 46 heavy (non-hydrogen) atoms. The first kappa shape index (κ1) is 25.5. The minimum atomic E-state index is 0.944. The van der Waals surface area contributed by atoms with E-state index >= 15 is 0 Å². The Morgan fingerprint density at radius 2 is 1.30 bits per heavy atom. The van der Waals surface area contributed by atoms with Crippen molar-refractivity contribution in [1.82, 2.24) is 4.57 Å². The van der Waals surface area contributed by atoms with Gasteiger partial charge in [0.2, 0.25) is 0 Å². The monoisotopic (exact) mass is 587 g/mol. The smallest absolute Gasteiger partial charge is 0.135 e. The van der Waals surface area contributed by atoms with Crippen LogP contribution in [0.3, 0.4) is 0 Å². The van der Waals surface area contributed by atoms with E-state index < -0.39 is 0 Å². The van der Waals surface area contributed by atoms with Crippen molar-refractivity contribution < 1.29 is 4.74 Å². The second kappa shape index (κ2) is 9.82. The highest BCUT2D eigenvalue weighted by molar-refractivity contribution is 6.21. The number of nitrogens with zero attached hydrogens (tertiary/aromatic N) is 1. The van der Waals surface area contributed by atoms with E-state index in [0.717, 1.165) is 24.3 Å². The average Bonchev–Trinajstić information content (AvgIpc) is 3.47. The third-order valence-electron chi connectivity index (χ3n) is 9.88. The molecule has 0 saturated carbocycles. The molecule has 2 nitrogen and oxygen atoms in total. The van der Waals surface area contributed by atoms with Crippen LogP contribution in [0.5, 0.6) is 11.5 Å². The van der Waals surface area contributed by atoms with Gasteiger partial charge in [0.05, 0.1) is 11.0 Å². The maximum atomic E-state index is 6.43. The first-order valence-electron chi connectivity index (χ1n) is 16.1. The first-order valence-corrected chi connectivity index (χ1v) is 16.1. The highest BCUT2D eigenvalue weighted by Crippen LogP contribution is 2.50. The number of allylic oxidation sites excluding steroid dienone is 1. The molecule has 0 atom stereocenters. The molecule has 0 amide bonds. The van der Waals surface area contributed by atoms with Crippen molar-refractivity contribution in [3.63, 3.8) is 0 Å². The van der Waals surface area contributed by atoms with Gasteiger partial charge in [0.25, 0.3) is 0 Å². The number of fused-ring (bicyclic) bond motifs is 7. The fourth-order valence-electron chi connectivity index (χ4n) is 7.91. The Hall–Kier alpha value is -5.86. The summed E-state index contributed by atoms with van der Waals surface area (Å²) in [7, 11) is 0. The lowest BCUT2D eigenvalue weighted by Gasteiger charge is -2.29. The van der Waals surface area contributed by atoms with Gasteiger partial charge < -0.3 is 9.30 Å². The first-order chi connectivity index (χ1) is 22.8. The quantitative estimate of drug-likeness (QED) is 0.201. The van der Waals surface area contributed by atoms with Gasteiger partial charge in [-0.1, -0.05) is 109 Å². The fourth-order valence-corrected chi connectivity index (χ4v) is 7.91. The second-order valence-electron chi connectivity index (χ2n) is 12.3. The van der Waals surface area contributed by atoms with E-state index in [0.29, 0.717) is 0 Å². The molecule has 1 aliphatic carbocycles. The Bertz CT molecular complexity index is 2550. The maximum Gasteiger partial charge on any atom is 0.135 e. The molecule has 0 fully saturated rings. The number of para-hydroxylation sites is 3. The molecule has 0 radical (unpaired) electrons. The van der Waals surface area contributed by atoms with E-state index in [2.05, 4.69) is 156 Å². The van der Waals surface area contributed by atoms with Crippen molar-refractivity contribution in [2.75, 3.05) is 0 Å². The van der Waals surface area contributed by atoms with Crippen LogP contribution in [0.25, 0.3) is 66.1 Å². The molecule has 1 aromatic heterocycles. The standard InChI is InChI=1S/C44H29NO/c1-2-11-30(12-3-1)45-39-19-8-6-16-38(39)43-32-23-21-28(27-29(32)22-25-40(43)45)31-13-4-5-14-33(31)34-24-26-42-44-36(34)17-10-18-37(44)35-15-7-9-20-41(35)46-42/h1-9,11-16,18-27H,10,17H2. The predicted octanol–water partition coefficient (Wildman–Crippen LogP) is 11.8. The second-order valence-corrected chi connectivity index (χ2v) is 12.3. The van der Waals surface area contributed by atoms with Crippen LogP contribution >= 0.6 is 0 Å². The van der Waals surface area contributed by atoms with E-state index in [-0.39, 0.29) is 0 Å². The zero-order valence-electron chi connectivity index (χ0n) is 25.2. The van der Waals surface area contributed by atoms with Crippen LogP contribution in [-0.2, 0) is 6.42 Å². The zero-order chi connectivity index (χ0) is 30.2. The summed E-state index contributed by atoms with van der Waals surface area (Å²) < 4.78 is 8.82. The summed E-state index contributed by atoms with van der Waals surface area (Å²) in [6.45, 7) is 0. The highest BCUT2D eigenvalue weighted by atomic mass is 16.5. The Morgan fingerprint density at radius 3 is 2.22 bits per heavy atom. The molecular weight excluding hydrogens is 558 g/mol. The molecule has 2 aliphatic rings. The Morgan fingerprint density at radius 1 is 0.522 bits per heavy atom.